The molecule has 0 aliphatic rings. The Bertz CT molecular complexity index is 719. The van der Waals surface area contributed by atoms with Gasteiger partial charge in [0, 0.05) is 26.9 Å². The summed E-state index contributed by atoms with van der Waals surface area (Å²) in [6, 6.07) is 10.7. The average molecular weight is 312 g/mol. The van der Waals surface area contributed by atoms with Gasteiger partial charge in [0.25, 0.3) is 0 Å². The highest BCUT2D eigenvalue weighted by atomic mass is 35.5. The first kappa shape index (κ1) is 13.1. The van der Waals surface area contributed by atoms with Gasteiger partial charge in [-0.25, -0.2) is 4.39 Å². The standard InChI is InChI=1S/C14H11ClFNS2/c15-14-4-3-10(18-14)7-11(17)13-5-8-1-2-9(16)6-12(8)19-13/h1-6,11H,7,17H2. The van der Waals surface area contributed by atoms with E-state index in [2.05, 4.69) is 0 Å². The van der Waals surface area contributed by atoms with Gasteiger partial charge in [-0.2, -0.15) is 0 Å². The van der Waals surface area contributed by atoms with Crippen LogP contribution >= 0.6 is 34.3 Å². The van der Waals surface area contributed by atoms with Crippen molar-refractivity contribution in [2.45, 2.75) is 12.5 Å². The Morgan fingerprint density at radius 3 is 2.74 bits per heavy atom. The van der Waals surface area contributed by atoms with Crippen molar-refractivity contribution in [1.29, 1.82) is 0 Å². The van der Waals surface area contributed by atoms with Crippen molar-refractivity contribution in [3.63, 3.8) is 0 Å². The van der Waals surface area contributed by atoms with E-state index < -0.39 is 0 Å². The second-order valence-corrected chi connectivity index (χ2v) is 7.26. The molecule has 19 heavy (non-hydrogen) atoms. The first-order valence-electron chi connectivity index (χ1n) is 5.80. The number of nitrogens with two attached hydrogens (primary N) is 1. The van der Waals surface area contributed by atoms with Gasteiger partial charge in [0.15, 0.2) is 0 Å². The fourth-order valence-electron chi connectivity index (χ4n) is 1.99. The van der Waals surface area contributed by atoms with Crippen molar-refractivity contribution < 1.29 is 4.39 Å². The van der Waals surface area contributed by atoms with E-state index in [1.807, 2.05) is 18.2 Å². The van der Waals surface area contributed by atoms with Crippen LogP contribution in [0.5, 0.6) is 0 Å². The summed E-state index contributed by atoms with van der Waals surface area (Å²) in [6.45, 7) is 0. The molecule has 0 radical (unpaired) electrons. The number of fused-ring (bicyclic) bond motifs is 1. The van der Waals surface area contributed by atoms with Gasteiger partial charge in [0.1, 0.15) is 5.82 Å². The number of benzene rings is 1. The van der Waals surface area contributed by atoms with Crippen LogP contribution in [0.3, 0.4) is 0 Å². The molecule has 1 aromatic carbocycles. The largest absolute Gasteiger partial charge is 0.323 e. The Morgan fingerprint density at radius 1 is 1.16 bits per heavy atom. The fraction of sp³-hybridized carbons (Fsp3) is 0.143. The molecule has 0 saturated carbocycles. The van der Waals surface area contributed by atoms with Gasteiger partial charge in [-0.3, -0.25) is 0 Å². The van der Waals surface area contributed by atoms with Crippen LogP contribution in [0.15, 0.2) is 36.4 Å². The molecular formula is C14H11ClFNS2. The summed E-state index contributed by atoms with van der Waals surface area (Å²) in [5, 5.41) is 1.04. The van der Waals surface area contributed by atoms with Crippen molar-refractivity contribution in [1.82, 2.24) is 0 Å². The van der Waals surface area contributed by atoms with E-state index >= 15 is 0 Å². The van der Waals surface area contributed by atoms with Gasteiger partial charge in [0.05, 0.1) is 4.34 Å². The van der Waals surface area contributed by atoms with Crippen LogP contribution in [-0.4, -0.2) is 0 Å². The molecule has 2 heterocycles. The molecule has 3 rings (SSSR count). The highest BCUT2D eigenvalue weighted by Gasteiger charge is 2.12. The molecule has 0 saturated heterocycles. The first-order chi connectivity index (χ1) is 9.11. The summed E-state index contributed by atoms with van der Waals surface area (Å²) >= 11 is 9.01. The second-order valence-electron chi connectivity index (χ2n) is 4.35. The summed E-state index contributed by atoms with van der Waals surface area (Å²) in [7, 11) is 0. The molecule has 2 aromatic heterocycles. The zero-order valence-corrected chi connectivity index (χ0v) is 12.3. The number of hydrogen-bond donors (Lipinski definition) is 1. The van der Waals surface area contributed by atoms with Crippen LogP contribution in [0, 0.1) is 5.82 Å². The molecule has 1 unspecified atom stereocenters. The van der Waals surface area contributed by atoms with Crippen LogP contribution in [-0.2, 0) is 6.42 Å². The van der Waals surface area contributed by atoms with E-state index in [1.165, 1.54) is 10.9 Å². The summed E-state index contributed by atoms with van der Waals surface area (Å²) in [4.78, 5) is 2.24. The van der Waals surface area contributed by atoms with Crippen molar-refractivity contribution in [2.75, 3.05) is 0 Å². The average Bonchev–Trinajstić information content (AvgIpc) is 2.95. The van der Waals surface area contributed by atoms with Gasteiger partial charge in [-0.1, -0.05) is 17.7 Å². The van der Waals surface area contributed by atoms with Crippen molar-refractivity contribution in [3.8, 4) is 0 Å². The molecule has 1 atom stereocenters. The SMILES string of the molecule is NC(Cc1ccc(Cl)s1)c1cc2ccc(F)cc2s1. The maximum absolute atomic E-state index is 13.2. The number of hydrogen-bond acceptors (Lipinski definition) is 3. The predicted molar refractivity (Wildman–Crippen MR) is 81.7 cm³/mol. The molecule has 0 amide bonds. The number of rotatable bonds is 3. The smallest absolute Gasteiger partial charge is 0.124 e. The van der Waals surface area contributed by atoms with E-state index in [9.17, 15) is 4.39 Å². The van der Waals surface area contributed by atoms with Gasteiger partial charge >= 0.3 is 0 Å². The quantitative estimate of drug-likeness (QED) is 0.724. The molecule has 0 spiro atoms. The van der Waals surface area contributed by atoms with E-state index in [-0.39, 0.29) is 11.9 Å². The molecule has 5 heteroatoms. The lowest BCUT2D eigenvalue weighted by Gasteiger charge is -2.06. The minimum atomic E-state index is -0.209. The van der Waals surface area contributed by atoms with Crippen LogP contribution < -0.4 is 5.73 Å². The number of halogens is 2. The van der Waals surface area contributed by atoms with E-state index in [0.717, 1.165) is 25.7 Å². The minimum absolute atomic E-state index is 0.0739. The van der Waals surface area contributed by atoms with Gasteiger partial charge in [-0.05, 0) is 35.7 Å². The molecule has 0 aliphatic carbocycles. The van der Waals surface area contributed by atoms with Crippen molar-refractivity contribution >= 4 is 44.4 Å². The van der Waals surface area contributed by atoms with E-state index in [4.69, 9.17) is 17.3 Å². The predicted octanol–water partition coefficient (Wildman–Crippen LogP) is 5.00. The van der Waals surface area contributed by atoms with Gasteiger partial charge in [-0.15, -0.1) is 22.7 Å². The monoisotopic (exact) mass is 311 g/mol. The lowest BCUT2D eigenvalue weighted by molar-refractivity contribution is 0.630. The zero-order valence-electron chi connectivity index (χ0n) is 9.90. The summed E-state index contributed by atoms with van der Waals surface area (Å²) < 4.78 is 14.9. The maximum atomic E-state index is 13.2. The highest BCUT2D eigenvalue weighted by molar-refractivity contribution is 7.19. The third-order valence-corrected chi connectivity index (χ3v) is 5.40. The maximum Gasteiger partial charge on any atom is 0.124 e. The lowest BCUT2D eigenvalue weighted by atomic mass is 10.1. The Labute approximate surface area is 123 Å². The Balaban J connectivity index is 1.86. The normalized spacial score (nSPS) is 13.0. The molecule has 0 bridgehead atoms. The van der Waals surface area contributed by atoms with E-state index in [1.54, 1.807) is 34.8 Å². The van der Waals surface area contributed by atoms with Gasteiger partial charge < -0.3 is 5.73 Å². The van der Waals surface area contributed by atoms with Crippen molar-refractivity contribution in [2.24, 2.45) is 5.73 Å². The van der Waals surface area contributed by atoms with Crippen LogP contribution in [0.25, 0.3) is 10.1 Å². The van der Waals surface area contributed by atoms with Gasteiger partial charge in [0.2, 0.25) is 0 Å². The van der Waals surface area contributed by atoms with Crippen LogP contribution in [0.1, 0.15) is 15.8 Å². The first-order valence-corrected chi connectivity index (χ1v) is 7.82. The van der Waals surface area contributed by atoms with Crippen LogP contribution in [0.2, 0.25) is 4.34 Å². The summed E-state index contributed by atoms with van der Waals surface area (Å²) in [6.07, 6.45) is 0.757. The van der Waals surface area contributed by atoms with Crippen molar-refractivity contribution in [3.05, 3.63) is 56.3 Å². The highest BCUT2D eigenvalue weighted by Crippen LogP contribution is 2.32. The molecule has 0 fully saturated rings. The van der Waals surface area contributed by atoms with Crippen LogP contribution in [0.4, 0.5) is 4.39 Å². The Hall–Kier alpha value is -0.940. The molecule has 0 aliphatic heterocycles. The summed E-state index contributed by atoms with van der Waals surface area (Å²) in [5.41, 5.74) is 6.22. The number of thiophene rings is 2. The zero-order chi connectivity index (χ0) is 13.4. The molecule has 98 valence electrons. The molecule has 1 nitrogen and oxygen atoms in total. The Kier molecular flexibility index (Phi) is 3.58. The molecule has 3 aromatic rings. The fourth-order valence-corrected chi connectivity index (χ4v) is 4.22. The third kappa shape index (κ3) is 2.82. The minimum Gasteiger partial charge on any atom is -0.323 e. The lowest BCUT2D eigenvalue weighted by Crippen LogP contribution is -2.10. The summed E-state index contributed by atoms with van der Waals surface area (Å²) in [5.74, 6) is -0.209. The Morgan fingerprint density at radius 2 is 2.00 bits per heavy atom. The van der Waals surface area contributed by atoms with E-state index in [0.29, 0.717) is 0 Å². The molecular weight excluding hydrogens is 301 g/mol. The topological polar surface area (TPSA) is 26.0 Å². The molecule has 2 N–H and O–H groups in total. The second kappa shape index (κ2) is 5.21. The third-order valence-electron chi connectivity index (χ3n) is 2.92.